The van der Waals surface area contributed by atoms with Gasteiger partial charge in [-0.25, -0.2) is 4.79 Å². The van der Waals surface area contributed by atoms with Crippen molar-refractivity contribution in [1.29, 1.82) is 0 Å². The Labute approximate surface area is 170 Å². The van der Waals surface area contributed by atoms with Crippen LogP contribution in [0.3, 0.4) is 0 Å². The van der Waals surface area contributed by atoms with E-state index in [1.165, 1.54) is 42.5 Å². The summed E-state index contributed by atoms with van der Waals surface area (Å²) in [5.41, 5.74) is 1.71. The third kappa shape index (κ3) is 6.66. The van der Waals surface area contributed by atoms with E-state index in [1.807, 2.05) is 0 Å². The second-order valence-electron chi connectivity index (χ2n) is 6.15. The maximum Gasteiger partial charge on any atom is 0.387 e. The maximum atomic E-state index is 12.1. The van der Waals surface area contributed by atoms with Crippen molar-refractivity contribution in [3.05, 3.63) is 69.3 Å². The lowest BCUT2D eigenvalue weighted by Crippen LogP contribution is -2.20. The Morgan fingerprint density at radius 1 is 1.17 bits per heavy atom. The van der Waals surface area contributed by atoms with Gasteiger partial charge in [-0.3, -0.25) is 14.9 Å². The fourth-order valence-corrected chi connectivity index (χ4v) is 2.35. The second kappa shape index (κ2) is 10.1. The van der Waals surface area contributed by atoms with E-state index in [2.05, 4.69) is 10.1 Å². The van der Waals surface area contributed by atoms with E-state index in [4.69, 9.17) is 4.74 Å². The van der Waals surface area contributed by atoms with Crippen LogP contribution in [-0.4, -0.2) is 30.0 Å². The summed E-state index contributed by atoms with van der Waals surface area (Å²) in [6.45, 7) is -0.126. The zero-order chi connectivity index (χ0) is 22.3. The molecule has 30 heavy (non-hydrogen) atoms. The monoisotopic (exact) mass is 420 g/mol. The molecule has 8 nitrogen and oxygen atoms in total. The van der Waals surface area contributed by atoms with Gasteiger partial charge in [0.1, 0.15) is 11.4 Å². The molecule has 0 radical (unpaired) electrons. The van der Waals surface area contributed by atoms with Crippen LogP contribution < -0.4 is 10.1 Å². The van der Waals surface area contributed by atoms with Crippen LogP contribution in [0.4, 0.5) is 20.2 Å². The van der Waals surface area contributed by atoms with E-state index in [1.54, 1.807) is 13.8 Å². The van der Waals surface area contributed by atoms with Crippen LogP contribution in [0, 0.1) is 24.0 Å². The number of hydrogen-bond acceptors (Lipinski definition) is 6. The molecule has 0 heterocycles. The molecule has 0 fully saturated rings. The molecule has 0 saturated carbocycles. The Morgan fingerprint density at radius 2 is 1.80 bits per heavy atom. The van der Waals surface area contributed by atoms with E-state index < -0.39 is 30.0 Å². The van der Waals surface area contributed by atoms with Gasteiger partial charge in [-0.2, -0.15) is 8.78 Å². The molecule has 1 amide bonds. The molecule has 0 spiro atoms. The summed E-state index contributed by atoms with van der Waals surface area (Å²) in [7, 11) is 0. The van der Waals surface area contributed by atoms with Crippen LogP contribution in [0.1, 0.15) is 16.7 Å². The normalized spacial score (nSPS) is 10.8. The molecule has 10 heteroatoms. The predicted octanol–water partition coefficient (Wildman–Crippen LogP) is 4.01. The van der Waals surface area contributed by atoms with Gasteiger partial charge < -0.3 is 14.8 Å². The van der Waals surface area contributed by atoms with Crippen molar-refractivity contribution in [2.24, 2.45) is 0 Å². The minimum Gasteiger partial charge on any atom is -0.452 e. The van der Waals surface area contributed by atoms with Crippen molar-refractivity contribution in [3.63, 3.8) is 0 Å². The average Bonchev–Trinajstić information content (AvgIpc) is 2.67. The number of rotatable bonds is 8. The van der Waals surface area contributed by atoms with Gasteiger partial charge in [-0.1, -0.05) is 12.1 Å². The molecule has 2 aromatic rings. The fraction of sp³-hybridized carbons (Fsp3) is 0.200. The van der Waals surface area contributed by atoms with Crippen molar-refractivity contribution in [1.82, 2.24) is 0 Å². The lowest BCUT2D eigenvalue weighted by atomic mass is 10.1. The predicted molar refractivity (Wildman–Crippen MR) is 104 cm³/mol. The fourth-order valence-electron chi connectivity index (χ4n) is 2.35. The standard InChI is InChI=1S/C20H18F2N2O6/c1-12-9-16(17(24(27)28)10-13(12)2)23-18(25)11-29-19(26)8-5-14-3-6-15(7-4-14)30-20(21)22/h3-10,20H,11H2,1-2H3,(H,23,25)/b8-5+. The molecule has 0 saturated heterocycles. The Hall–Kier alpha value is -3.82. The van der Waals surface area contributed by atoms with Crippen LogP contribution in [-0.2, 0) is 14.3 Å². The number of alkyl halides is 2. The van der Waals surface area contributed by atoms with Crippen molar-refractivity contribution in [2.45, 2.75) is 20.5 Å². The van der Waals surface area contributed by atoms with Crippen LogP contribution in [0.15, 0.2) is 42.5 Å². The van der Waals surface area contributed by atoms with E-state index in [-0.39, 0.29) is 17.1 Å². The maximum absolute atomic E-state index is 12.1. The van der Waals surface area contributed by atoms with Gasteiger partial charge in [0.2, 0.25) is 0 Å². The summed E-state index contributed by atoms with van der Waals surface area (Å²) >= 11 is 0. The van der Waals surface area contributed by atoms with E-state index >= 15 is 0 Å². The molecule has 0 aliphatic heterocycles. The Morgan fingerprint density at radius 3 is 2.40 bits per heavy atom. The summed E-state index contributed by atoms with van der Waals surface area (Å²) < 4.78 is 33.2. The summed E-state index contributed by atoms with van der Waals surface area (Å²) in [5, 5.41) is 13.5. The first-order valence-electron chi connectivity index (χ1n) is 8.61. The third-order valence-electron chi connectivity index (χ3n) is 3.95. The van der Waals surface area contributed by atoms with Crippen LogP contribution in [0.25, 0.3) is 6.08 Å². The zero-order valence-electron chi connectivity index (χ0n) is 16.1. The smallest absolute Gasteiger partial charge is 0.387 e. The second-order valence-corrected chi connectivity index (χ2v) is 6.15. The van der Waals surface area contributed by atoms with Crippen LogP contribution in [0.5, 0.6) is 5.75 Å². The van der Waals surface area contributed by atoms with Gasteiger partial charge in [0.05, 0.1) is 4.92 Å². The Balaban J connectivity index is 1.90. The van der Waals surface area contributed by atoms with Gasteiger partial charge >= 0.3 is 12.6 Å². The minimum atomic E-state index is -2.93. The number of carbonyl (C=O) groups is 2. The van der Waals surface area contributed by atoms with Crippen molar-refractivity contribution < 1.29 is 32.8 Å². The van der Waals surface area contributed by atoms with Crippen molar-refractivity contribution in [2.75, 3.05) is 11.9 Å². The van der Waals surface area contributed by atoms with E-state index in [9.17, 15) is 28.5 Å². The Bertz CT molecular complexity index is 974. The number of nitrogens with one attached hydrogen (secondary N) is 1. The Kier molecular flexibility index (Phi) is 7.56. The number of halogens is 2. The molecular weight excluding hydrogens is 402 g/mol. The summed E-state index contributed by atoms with van der Waals surface area (Å²) in [6.07, 6.45) is 2.41. The first-order chi connectivity index (χ1) is 14.2. The molecule has 0 atom stereocenters. The number of ether oxygens (including phenoxy) is 2. The number of carbonyl (C=O) groups excluding carboxylic acids is 2. The summed E-state index contributed by atoms with van der Waals surface area (Å²) in [4.78, 5) is 34.2. The number of anilines is 1. The van der Waals surface area contributed by atoms with E-state index in [0.717, 1.165) is 11.6 Å². The van der Waals surface area contributed by atoms with Crippen molar-refractivity contribution >= 4 is 29.3 Å². The molecule has 0 aliphatic carbocycles. The highest BCUT2D eigenvalue weighted by molar-refractivity contribution is 5.96. The average molecular weight is 420 g/mol. The number of hydrogen-bond donors (Lipinski definition) is 1. The zero-order valence-corrected chi connectivity index (χ0v) is 16.1. The van der Waals surface area contributed by atoms with Gasteiger partial charge in [-0.15, -0.1) is 0 Å². The van der Waals surface area contributed by atoms with Crippen molar-refractivity contribution in [3.8, 4) is 5.75 Å². The van der Waals surface area contributed by atoms with Gasteiger partial charge in [0, 0.05) is 12.1 Å². The topological polar surface area (TPSA) is 108 Å². The number of esters is 1. The lowest BCUT2D eigenvalue weighted by Gasteiger charge is -2.09. The molecule has 2 rings (SSSR count). The number of nitrogens with zero attached hydrogens (tertiary/aromatic N) is 1. The molecule has 2 aromatic carbocycles. The molecular formula is C20H18F2N2O6. The number of nitro groups is 1. The SMILES string of the molecule is Cc1cc(NC(=O)COC(=O)/C=C/c2ccc(OC(F)F)cc2)c([N+](=O)[O-])cc1C. The number of nitro benzene ring substituents is 1. The molecule has 158 valence electrons. The minimum absolute atomic E-state index is 0.00537. The first kappa shape index (κ1) is 22.5. The quantitative estimate of drug-likeness (QED) is 0.299. The van der Waals surface area contributed by atoms with Gasteiger partial charge in [-0.05, 0) is 54.8 Å². The summed E-state index contributed by atoms with van der Waals surface area (Å²) in [6, 6.07) is 8.33. The highest BCUT2D eigenvalue weighted by Gasteiger charge is 2.18. The van der Waals surface area contributed by atoms with Crippen LogP contribution >= 0.6 is 0 Å². The van der Waals surface area contributed by atoms with Gasteiger partial charge in [0.15, 0.2) is 6.61 Å². The van der Waals surface area contributed by atoms with Gasteiger partial charge in [0.25, 0.3) is 11.6 Å². The van der Waals surface area contributed by atoms with Crippen LogP contribution in [0.2, 0.25) is 0 Å². The number of benzene rings is 2. The largest absolute Gasteiger partial charge is 0.452 e. The molecule has 1 N–H and O–H groups in total. The number of amides is 1. The molecule has 0 unspecified atom stereocenters. The molecule has 0 aromatic heterocycles. The number of aryl methyl sites for hydroxylation is 2. The highest BCUT2D eigenvalue weighted by Crippen LogP contribution is 2.27. The lowest BCUT2D eigenvalue weighted by molar-refractivity contribution is -0.384. The van der Waals surface area contributed by atoms with E-state index in [0.29, 0.717) is 11.1 Å². The highest BCUT2D eigenvalue weighted by atomic mass is 19.3. The molecule has 0 bridgehead atoms. The summed E-state index contributed by atoms with van der Waals surface area (Å²) in [5.74, 6) is -1.59. The first-order valence-corrected chi connectivity index (χ1v) is 8.61. The molecule has 0 aliphatic rings. The third-order valence-corrected chi connectivity index (χ3v) is 3.95.